The van der Waals surface area contributed by atoms with E-state index in [0.717, 1.165) is 10.1 Å². The number of aromatic nitrogens is 2. The van der Waals surface area contributed by atoms with Gasteiger partial charge in [0.05, 0.1) is 0 Å². The minimum Gasteiger partial charge on any atom is -0.413 e. The van der Waals surface area contributed by atoms with Crippen LogP contribution in [0.2, 0.25) is 0 Å². The van der Waals surface area contributed by atoms with Gasteiger partial charge in [0.2, 0.25) is 0 Å². The van der Waals surface area contributed by atoms with Crippen molar-refractivity contribution in [2.24, 2.45) is 0 Å². The number of imidazole rings is 1. The van der Waals surface area contributed by atoms with Crippen LogP contribution >= 0.6 is 15.9 Å². The van der Waals surface area contributed by atoms with Crippen molar-refractivity contribution < 1.29 is 20.4 Å². The molecule has 11 heavy (non-hydrogen) atoms. The Bertz CT molecular complexity index is 358. The Balaban J connectivity index is 0.000000605. The van der Waals surface area contributed by atoms with Gasteiger partial charge in [0.1, 0.15) is 0 Å². The van der Waals surface area contributed by atoms with E-state index in [1.807, 2.05) is 22.9 Å². The molecular formula is C7H4BrN2Re-. The van der Waals surface area contributed by atoms with Crippen molar-refractivity contribution in [3.8, 4) is 0 Å². The third-order valence-corrected chi connectivity index (χ3v) is 1.72. The summed E-state index contributed by atoms with van der Waals surface area (Å²) in [5, 5.41) is 0. The van der Waals surface area contributed by atoms with E-state index in [2.05, 4.69) is 27.0 Å². The first-order chi connectivity index (χ1) is 4.86. The summed E-state index contributed by atoms with van der Waals surface area (Å²) >= 11 is 3.31. The quantitative estimate of drug-likeness (QED) is 0.637. The number of hydrogen-bond donors (Lipinski definition) is 0. The fraction of sp³-hybridized carbons (Fsp3) is 0. The third kappa shape index (κ3) is 1.70. The first-order valence-corrected chi connectivity index (χ1v) is 3.65. The van der Waals surface area contributed by atoms with Gasteiger partial charge in [-0.25, -0.2) is 0 Å². The molecule has 1 radical (unpaired) electrons. The standard InChI is InChI=1S/C7H4BrN2.Re/c8-6-1-2-7-9-3-4-10(7)5-6;/h2-5H;/q-1;. The van der Waals surface area contributed by atoms with Crippen LogP contribution in [-0.4, -0.2) is 9.38 Å². The zero-order valence-electron chi connectivity index (χ0n) is 5.46. The average molecular weight is 382 g/mol. The van der Waals surface area contributed by atoms with Crippen molar-refractivity contribution in [3.05, 3.63) is 35.2 Å². The Morgan fingerprint density at radius 1 is 1.55 bits per heavy atom. The van der Waals surface area contributed by atoms with Gasteiger partial charge in [0.15, 0.2) is 0 Å². The molecule has 0 amide bonds. The molecule has 0 atom stereocenters. The first-order valence-electron chi connectivity index (χ1n) is 2.86. The first kappa shape index (κ1) is 8.92. The van der Waals surface area contributed by atoms with Crippen LogP contribution in [0.3, 0.4) is 0 Å². The van der Waals surface area contributed by atoms with E-state index in [9.17, 15) is 0 Å². The molecule has 2 nitrogen and oxygen atoms in total. The SMILES string of the molecule is Brc1[c-]cc2nccn2c1.[Re]. The number of nitrogens with zero attached hydrogens (tertiary/aromatic N) is 2. The number of rotatable bonds is 0. The van der Waals surface area contributed by atoms with Gasteiger partial charge in [0.25, 0.3) is 0 Å². The molecule has 0 saturated heterocycles. The van der Waals surface area contributed by atoms with Crippen LogP contribution in [0.4, 0.5) is 0 Å². The summed E-state index contributed by atoms with van der Waals surface area (Å²) < 4.78 is 2.87. The van der Waals surface area contributed by atoms with E-state index in [0.29, 0.717) is 0 Å². The molecule has 4 heteroatoms. The molecule has 0 bridgehead atoms. The number of pyridine rings is 1. The fourth-order valence-corrected chi connectivity index (χ4v) is 1.17. The smallest absolute Gasteiger partial charge is 0.0288 e. The maximum atomic E-state index is 4.07. The average Bonchev–Trinajstić information content (AvgIpc) is 2.33. The van der Waals surface area contributed by atoms with Gasteiger partial charge in [0, 0.05) is 38.5 Å². The molecule has 0 aliphatic carbocycles. The summed E-state index contributed by atoms with van der Waals surface area (Å²) in [6.45, 7) is 0. The van der Waals surface area contributed by atoms with Crippen molar-refractivity contribution >= 4 is 21.6 Å². The molecule has 0 aromatic carbocycles. The summed E-state index contributed by atoms with van der Waals surface area (Å²) in [6, 6.07) is 4.83. The van der Waals surface area contributed by atoms with Gasteiger partial charge < -0.3 is 9.38 Å². The molecule has 2 aromatic heterocycles. The van der Waals surface area contributed by atoms with Crippen LogP contribution in [0.25, 0.3) is 5.65 Å². The zero-order chi connectivity index (χ0) is 6.97. The molecule has 0 unspecified atom stereocenters. The topological polar surface area (TPSA) is 17.3 Å². The normalized spacial score (nSPS) is 9.55. The second-order valence-corrected chi connectivity index (χ2v) is 2.81. The van der Waals surface area contributed by atoms with Crippen LogP contribution in [0.5, 0.6) is 0 Å². The van der Waals surface area contributed by atoms with Crippen molar-refractivity contribution in [2.75, 3.05) is 0 Å². The van der Waals surface area contributed by atoms with E-state index < -0.39 is 0 Å². The summed E-state index contributed by atoms with van der Waals surface area (Å²) in [5.41, 5.74) is 0.920. The maximum Gasteiger partial charge on any atom is 0.0288 e. The van der Waals surface area contributed by atoms with Gasteiger partial charge >= 0.3 is 0 Å². The molecule has 2 heterocycles. The summed E-state index contributed by atoms with van der Waals surface area (Å²) in [5.74, 6) is 0. The Hall–Kier alpha value is -0.168. The zero-order valence-corrected chi connectivity index (χ0v) is 9.76. The molecule has 2 aromatic rings. The molecule has 0 aliphatic heterocycles. The fourth-order valence-electron chi connectivity index (χ4n) is 0.838. The van der Waals surface area contributed by atoms with Crippen LogP contribution < -0.4 is 0 Å². The molecule has 0 N–H and O–H groups in total. The van der Waals surface area contributed by atoms with E-state index in [1.165, 1.54) is 0 Å². The van der Waals surface area contributed by atoms with Gasteiger partial charge in [-0.05, 0) is 0 Å². The van der Waals surface area contributed by atoms with Crippen LogP contribution in [0.15, 0.2) is 29.1 Å². The van der Waals surface area contributed by atoms with Crippen LogP contribution in [-0.2, 0) is 20.4 Å². The predicted octanol–water partition coefficient (Wildman–Crippen LogP) is 1.89. The second kappa shape index (κ2) is 3.49. The summed E-state index contributed by atoms with van der Waals surface area (Å²) in [7, 11) is 0. The Morgan fingerprint density at radius 2 is 2.36 bits per heavy atom. The largest absolute Gasteiger partial charge is 0.413 e. The van der Waals surface area contributed by atoms with Crippen molar-refractivity contribution in [1.29, 1.82) is 0 Å². The number of fused-ring (bicyclic) bond motifs is 1. The Morgan fingerprint density at radius 3 is 3.18 bits per heavy atom. The molecule has 0 saturated carbocycles. The third-order valence-electron chi connectivity index (χ3n) is 1.29. The molecule has 0 aliphatic rings. The van der Waals surface area contributed by atoms with Crippen molar-refractivity contribution in [2.45, 2.75) is 0 Å². The van der Waals surface area contributed by atoms with Gasteiger partial charge in [-0.1, -0.05) is 26.6 Å². The molecule has 2 rings (SSSR count). The molecule has 0 fully saturated rings. The second-order valence-electron chi connectivity index (χ2n) is 1.96. The van der Waals surface area contributed by atoms with E-state index >= 15 is 0 Å². The predicted molar refractivity (Wildman–Crippen MR) is 41.7 cm³/mol. The van der Waals surface area contributed by atoms with E-state index in [-0.39, 0.29) is 20.4 Å². The minimum atomic E-state index is 0. The molecule has 57 valence electrons. The van der Waals surface area contributed by atoms with Crippen LogP contribution in [0, 0.1) is 6.07 Å². The number of halogens is 1. The summed E-state index contributed by atoms with van der Waals surface area (Å²) in [4.78, 5) is 4.07. The minimum absolute atomic E-state index is 0. The molecule has 0 spiro atoms. The van der Waals surface area contributed by atoms with E-state index in [4.69, 9.17) is 0 Å². The monoisotopic (exact) mass is 382 g/mol. The van der Waals surface area contributed by atoms with Gasteiger partial charge in [-0.2, -0.15) is 6.07 Å². The van der Waals surface area contributed by atoms with Crippen molar-refractivity contribution in [3.63, 3.8) is 0 Å². The van der Waals surface area contributed by atoms with Crippen LogP contribution in [0.1, 0.15) is 0 Å². The van der Waals surface area contributed by atoms with Gasteiger partial charge in [-0.15, -0.1) is 6.07 Å². The molecular weight excluding hydrogens is 378 g/mol. The van der Waals surface area contributed by atoms with Crippen molar-refractivity contribution in [1.82, 2.24) is 9.38 Å². The van der Waals surface area contributed by atoms with Gasteiger partial charge in [-0.3, -0.25) is 0 Å². The Kier molecular flexibility index (Phi) is 2.83. The van der Waals surface area contributed by atoms with E-state index in [1.54, 1.807) is 6.20 Å². The number of hydrogen-bond acceptors (Lipinski definition) is 1. The maximum absolute atomic E-state index is 4.07. The summed E-state index contributed by atoms with van der Waals surface area (Å²) in [6.07, 6.45) is 5.58. The Labute approximate surface area is 86.4 Å².